The van der Waals surface area contributed by atoms with Crippen molar-refractivity contribution in [2.24, 2.45) is 11.8 Å². The van der Waals surface area contributed by atoms with E-state index in [1.54, 1.807) is 30.3 Å². The predicted molar refractivity (Wildman–Crippen MR) is 94.6 cm³/mol. The van der Waals surface area contributed by atoms with Gasteiger partial charge in [-0.2, -0.15) is 0 Å². The molecule has 5 nitrogen and oxygen atoms in total. The maximum atomic E-state index is 12.4. The van der Waals surface area contributed by atoms with Gasteiger partial charge in [0.1, 0.15) is 5.82 Å². The Bertz CT molecular complexity index is 790. The summed E-state index contributed by atoms with van der Waals surface area (Å²) in [7, 11) is 0. The summed E-state index contributed by atoms with van der Waals surface area (Å²) in [6, 6.07) is 8.07. The van der Waals surface area contributed by atoms with Crippen LogP contribution in [-0.4, -0.2) is 16.8 Å². The average molecular weight is 364 g/mol. The molecular formula is C17H15Cl2N3O2. The van der Waals surface area contributed by atoms with Gasteiger partial charge >= 0.3 is 0 Å². The third kappa shape index (κ3) is 3.68. The topological polar surface area (TPSA) is 71.1 Å². The molecule has 0 saturated heterocycles. The Hall–Kier alpha value is -2.11. The summed E-state index contributed by atoms with van der Waals surface area (Å²) >= 11 is 12.1. The number of carbonyl (C=O) groups is 2. The first-order valence-electron chi connectivity index (χ1n) is 7.48. The van der Waals surface area contributed by atoms with E-state index in [4.69, 9.17) is 23.2 Å². The van der Waals surface area contributed by atoms with E-state index in [-0.39, 0.29) is 27.4 Å². The molecule has 7 heteroatoms. The molecule has 1 aliphatic rings. The van der Waals surface area contributed by atoms with E-state index in [1.165, 1.54) is 6.20 Å². The molecule has 1 heterocycles. The highest BCUT2D eigenvalue weighted by atomic mass is 35.5. The minimum Gasteiger partial charge on any atom is -0.322 e. The van der Waals surface area contributed by atoms with Gasteiger partial charge in [0, 0.05) is 23.9 Å². The van der Waals surface area contributed by atoms with E-state index in [9.17, 15) is 9.59 Å². The van der Waals surface area contributed by atoms with Crippen LogP contribution in [0.25, 0.3) is 0 Å². The van der Waals surface area contributed by atoms with E-state index in [0.717, 1.165) is 6.42 Å². The second-order valence-corrected chi connectivity index (χ2v) is 6.60. The lowest BCUT2D eigenvalue weighted by Gasteiger charge is -2.10. The van der Waals surface area contributed by atoms with Crippen LogP contribution in [0.5, 0.6) is 0 Å². The Labute approximate surface area is 149 Å². The van der Waals surface area contributed by atoms with Gasteiger partial charge in [0.15, 0.2) is 0 Å². The molecule has 0 bridgehead atoms. The van der Waals surface area contributed by atoms with Crippen LogP contribution in [0.15, 0.2) is 36.5 Å². The summed E-state index contributed by atoms with van der Waals surface area (Å²) in [6.45, 7) is 2.03. The molecule has 24 heavy (non-hydrogen) atoms. The molecule has 0 radical (unpaired) electrons. The number of rotatable bonds is 4. The van der Waals surface area contributed by atoms with Crippen molar-refractivity contribution in [2.75, 3.05) is 10.6 Å². The van der Waals surface area contributed by atoms with Crippen LogP contribution in [0.1, 0.15) is 23.7 Å². The maximum Gasteiger partial charge on any atom is 0.258 e. The van der Waals surface area contributed by atoms with Crippen LogP contribution < -0.4 is 10.6 Å². The molecule has 1 fully saturated rings. The van der Waals surface area contributed by atoms with Gasteiger partial charge in [-0.25, -0.2) is 4.98 Å². The summed E-state index contributed by atoms with van der Waals surface area (Å²) < 4.78 is 0. The van der Waals surface area contributed by atoms with Crippen molar-refractivity contribution >= 4 is 46.5 Å². The minimum absolute atomic E-state index is 0.0481. The van der Waals surface area contributed by atoms with Crippen LogP contribution in [-0.2, 0) is 4.79 Å². The number of benzene rings is 1. The molecule has 0 unspecified atom stereocenters. The third-order valence-corrected chi connectivity index (χ3v) is 4.54. The molecule has 2 N–H and O–H groups in total. The number of carbonyl (C=O) groups excluding carboxylic acids is 2. The van der Waals surface area contributed by atoms with E-state index in [1.807, 2.05) is 6.92 Å². The number of nitrogens with zero attached hydrogens (tertiary/aromatic N) is 1. The molecule has 2 aromatic rings. The second kappa shape index (κ2) is 6.79. The Kier molecular flexibility index (Phi) is 4.73. The summed E-state index contributed by atoms with van der Waals surface area (Å²) in [4.78, 5) is 28.4. The maximum absolute atomic E-state index is 12.4. The molecule has 0 aliphatic heterocycles. The van der Waals surface area contributed by atoms with Crippen LogP contribution in [0.3, 0.4) is 0 Å². The van der Waals surface area contributed by atoms with Crippen LogP contribution in [0, 0.1) is 11.8 Å². The number of pyridine rings is 1. The third-order valence-electron chi connectivity index (χ3n) is 3.91. The molecule has 1 aliphatic carbocycles. The lowest BCUT2D eigenvalue weighted by molar-refractivity contribution is -0.117. The number of nitrogens with one attached hydrogen (secondary N) is 2. The Morgan fingerprint density at radius 2 is 1.83 bits per heavy atom. The van der Waals surface area contributed by atoms with Gasteiger partial charge in [0.25, 0.3) is 5.91 Å². The smallest absolute Gasteiger partial charge is 0.258 e. The highest BCUT2D eigenvalue weighted by Gasteiger charge is 2.39. The molecule has 1 aromatic carbocycles. The summed E-state index contributed by atoms with van der Waals surface area (Å²) in [5.41, 5.74) is 0.695. The minimum atomic E-state index is -0.426. The fraction of sp³-hybridized carbons (Fsp3) is 0.235. The van der Waals surface area contributed by atoms with Gasteiger partial charge < -0.3 is 10.6 Å². The zero-order valence-corrected chi connectivity index (χ0v) is 14.4. The van der Waals surface area contributed by atoms with Crippen LogP contribution in [0.4, 0.5) is 11.5 Å². The van der Waals surface area contributed by atoms with Crippen molar-refractivity contribution in [1.82, 2.24) is 4.98 Å². The van der Waals surface area contributed by atoms with Gasteiger partial charge in [-0.1, -0.05) is 36.2 Å². The molecule has 2 atom stereocenters. The van der Waals surface area contributed by atoms with Crippen molar-refractivity contribution < 1.29 is 9.59 Å². The molecule has 124 valence electrons. The van der Waals surface area contributed by atoms with Crippen LogP contribution in [0.2, 0.25) is 10.0 Å². The van der Waals surface area contributed by atoms with Crippen molar-refractivity contribution in [3.63, 3.8) is 0 Å². The van der Waals surface area contributed by atoms with E-state index < -0.39 is 5.91 Å². The fourth-order valence-electron chi connectivity index (χ4n) is 2.39. The first kappa shape index (κ1) is 16.7. The first-order valence-corrected chi connectivity index (χ1v) is 8.23. The Balaban J connectivity index is 1.72. The largest absolute Gasteiger partial charge is 0.322 e. The summed E-state index contributed by atoms with van der Waals surface area (Å²) in [5, 5.41) is 6.00. The lowest BCUT2D eigenvalue weighted by Crippen LogP contribution is -2.16. The highest BCUT2D eigenvalue weighted by Crippen LogP contribution is 2.38. The second-order valence-electron chi connectivity index (χ2n) is 5.79. The zero-order chi connectivity index (χ0) is 17.3. The van der Waals surface area contributed by atoms with Crippen molar-refractivity contribution in [3.8, 4) is 0 Å². The van der Waals surface area contributed by atoms with Gasteiger partial charge in [-0.3, -0.25) is 9.59 Å². The normalized spacial score (nSPS) is 18.8. The van der Waals surface area contributed by atoms with E-state index in [2.05, 4.69) is 15.6 Å². The molecular weight excluding hydrogens is 349 g/mol. The fourth-order valence-corrected chi connectivity index (χ4v) is 2.96. The van der Waals surface area contributed by atoms with Crippen molar-refractivity contribution in [2.45, 2.75) is 13.3 Å². The number of anilines is 2. The highest BCUT2D eigenvalue weighted by molar-refractivity contribution is 6.40. The molecule has 0 spiro atoms. The summed E-state index contributed by atoms with van der Waals surface area (Å²) in [5.74, 6) is 0.377. The van der Waals surface area contributed by atoms with E-state index in [0.29, 0.717) is 17.4 Å². The quantitative estimate of drug-likeness (QED) is 0.853. The Morgan fingerprint density at radius 1 is 1.17 bits per heavy atom. The molecule has 2 amide bonds. The SMILES string of the molecule is C[C@@H]1C[C@H]1C(=O)Nc1cc(NC(=O)c2c(Cl)cccc2Cl)ccn1. The standard InChI is InChI=1S/C17H15Cl2N3O2/c1-9-7-11(9)16(23)22-14-8-10(5-6-20-14)21-17(24)15-12(18)3-2-4-13(15)19/h2-6,8-9,11H,7H2,1H3,(H2,20,21,22,23,24)/t9-,11-/m1/s1. The van der Waals surface area contributed by atoms with Crippen molar-refractivity contribution in [1.29, 1.82) is 0 Å². The molecule has 1 saturated carbocycles. The number of amides is 2. The Morgan fingerprint density at radius 3 is 2.46 bits per heavy atom. The number of aromatic nitrogens is 1. The van der Waals surface area contributed by atoms with E-state index >= 15 is 0 Å². The van der Waals surface area contributed by atoms with Gasteiger partial charge in [-0.15, -0.1) is 0 Å². The van der Waals surface area contributed by atoms with Crippen molar-refractivity contribution in [3.05, 3.63) is 52.1 Å². The van der Waals surface area contributed by atoms with Crippen LogP contribution >= 0.6 is 23.2 Å². The lowest BCUT2D eigenvalue weighted by atomic mass is 10.2. The molecule has 1 aromatic heterocycles. The monoisotopic (exact) mass is 363 g/mol. The molecule has 3 rings (SSSR count). The van der Waals surface area contributed by atoms with Gasteiger partial charge in [0.05, 0.1) is 15.6 Å². The number of hydrogen-bond acceptors (Lipinski definition) is 3. The average Bonchev–Trinajstić information content (AvgIpc) is 3.24. The van der Waals surface area contributed by atoms with Gasteiger partial charge in [-0.05, 0) is 30.5 Å². The number of hydrogen-bond donors (Lipinski definition) is 2. The van der Waals surface area contributed by atoms with Gasteiger partial charge in [0.2, 0.25) is 5.91 Å². The number of halogens is 2. The first-order chi connectivity index (χ1) is 11.5. The summed E-state index contributed by atoms with van der Waals surface area (Å²) in [6.07, 6.45) is 2.41. The predicted octanol–water partition coefficient (Wildman–Crippen LogP) is 4.24. The zero-order valence-electron chi connectivity index (χ0n) is 12.8.